The topological polar surface area (TPSA) is 86.8 Å². The van der Waals surface area contributed by atoms with Gasteiger partial charge < -0.3 is 10.2 Å². The molecular weight excluding hydrogens is 614 g/mol. The lowest BCUT2D eigenvalue weighted by Gasteiger charge is -2.57. The van der Waals surface area contributed by atoms with Crippen LogP contribution < -0.4 is 9.62 Å². The van der Waals surface area contributed by atoms with E-state index in [0.29, 0.717) is 5.69 Å². The van der Waals surface area contributed by atoms with Crippen LogP contribution in [0.15, 0.2) is 53.0 Å². The number of carbonyl (C=O) groups is 2. The Morgan fingerprint density at radius 3 is 2.00 bits per heavy atom. The largest absolute Gasteiger partial charge is 0.352 e. The molecule has 2 aromatic rings. The molecule has 1 N–H and O–H groups in total. The fraction of sp³-hybridized carbons (Fsp3) is 0.576. The zero-order chi connectivity index (χ0) is 30.2. The molecule has 4 aliphatic rings. The number of rotatable bonds is 11. The van der Waals surface area contributed by atoms with Crippen molar-refractivity contribution >= 4 is 43.5 Å². The summed E-state index contributed by atoms with van der Waals surface area (Å²) >= 11 is 3.44. The van der Waals surface area contributed by atoms with Gasteiger partial charge in [-0.3, -0.25) is 13.9 Å². The van der Waals surface area contributed by atoms with Gasteiger partial charge in [0.05, 0.1) is 11.9 Å². The van der Waals surface area contributed by atoms with Crippen LogP contribution in [0.1, 0.15) is 76.8 Å². The first-order valence-corrected chi connectivity index (χ1v) is 17.9. The molecule has 0 radical (unpaired) electrons. The molecule has 7 nitrogen and oxygen atoms in total. The summed E-state index contributed by atoms with van der Waals surface area (Å²) in [6.07, 6.45) is 9.69. The summed E-state index contributed by atoms with van der Waals surface area (Å²) in [7, 11) is -3.77. The van der Waals surface area contributed by atoms with Crippen molar-refractivity contribution in [3.63, 3.8) is 0 Å². The summed E-state index contributed by atoms with van der Waals surface area (Å²) in [4.78, 5) is 28.5. The molecule has 0 aromatic heterocycles. The zero-order valence-electron chi connectivity index (χ0n) is 25.2. The monoisotopic (exact) mass is 657 g/mol. The van der Waals surface area contributed by atoms with Crippen molar-refractivity contribution in [2.75, 3.05) is 17.1 Å². The fourth-order valence-electron chi connectivity index (χ4n) is 7.89. The Balaban J connectivity index is 1.38. The molecule has 4 saturated carbocycles. The summed E-state index contributed by atoms with van der Waals surface area (Å²) < 4.78 is 28.2. The Morgan fingerprint density at radius 1 is 0.952 bits per heavy atom. The SMILES string of the molecule is CCC(C)NC(=O)C(C)N(Cc1ccc(Br)cc1)C(=O)CN(c1ccc(C23CC4CC(CC(C4)C2)C3)cc1)S(C)(=O)=O. The maximum absolute atomic E-state index is 13.9. The Kier molecular flexibility index (Phi) is 9.10. The molecule has 6 rings (SSSR count). The maximum atomic E-state index is 13.9. The van der Waals surface area contributed by atoms with Crippen LogP contribution in [-0.2, 0) is 31.6 Å². The molecule has 2 atom stereocenters. The van der Waals surface area contributed by atoms with E-state index >= 15 is 0 Å². The molecule has 2 unspecified atom stereocenters. The van der Waals surface area contributed by atoms with Gasteiger partial charge in [-0.1, -0.05) is 47.1 Å². The highest BCUT2D eigenvalue weighted by molar-refractivity contribution is 9.10. The third-order valence-electron chi connectivity index (χ3n) is 9.92. The van der Waals surface area contributed by atoms with Crippen molar-refractivity contribution in [3.8, 4) is 0 Å². The van der Waals surface area contributed by atoms with Crippen LogP contribution >= 0.6 is 15.9 Å². The Morgan fingerprint density at radius 2 is 1.50 bits per heavy atom. The summed E-state index contributed by atoms with van der Waals surface area (Å²) in [5.41, 5.74) is 2.83. The molecule has 2 aromatic carbocycles. The third kappa shape index (κ3) is 6.72. The minimum atomic E-state index is -3.77. The molecule has 2 amide bonds. The van der Waals surface area contributed by atoms with Gasteiger partial charge in [0, 0.05) is 17.1 Å². The molecule has 228 valence electrons. The van der Waals surface area contributed by atoms with E-state index in [-0.39, 0.29) is 30.5 Å². The number of hydrogen-bond acceptors (Lipinski definition) is 4. The van der Waals surface area contributed by atoms with Crippen molar-refractivity contribution in [2.45, 2.75) is 89.8 Å². The minimum absolute atomic E-state index is 0.0374. The normalized spacial score (nSPS) is 26.0. The first-order chi connectivity index (χ1) is 19.9. The second-order valence-corrected chi connectivity index (χ2v) is 16.0. The van der Waals surface area contributed by atoms with Crippen LogP contribution in [0.2, 0.25) is 0 Å². The van der Waals surface area contributed by atoms with Gasteiger partial charge >= 0.3 is 0 Å². The van der Waals surface area contributed by atoms with Gasteiger partial charge in [0.1, 0.15) is 12.6 Å². The number of sulfonamides is 1. The summed E-state index contributed by atoms with van der Waals surface area (Å²) in [6.45, 7) is 5.40. The molecule has 0 saturated heterocycles. The van der Waals surface area contributed by atoms with Crippen LogP contribution in [0.3, 0.4) is 0 Å². The molecule has 0 heterocycles. The van der Waals surface area contributed by atoms with Crippen LogP contribution in [0, 0.1) is 17.8 Å². The van der Waals surface area contributed by atoms with Crippen molar-refractivity contribution in [1.82, 2.24) is 10.2 Å². The van der Waals surface area contributed by atoms with Crippen LogP contribution in [0.25, 0.3) is 0 Å². The van der Waals surface area contributed by atoms with Crippen molar-refractivity contribution in [2.24, 2.45) is 17.8 Å². The van der Waals surface area contributed by atoms with Crippen LogP contribution in [0.5, 0.6) is 0 Å². The van der Waals surface area contributed by atoms with Crippen LogP contribution in [0.4, 0.5) is 5.69 Å². The highest BCUT2D eigenvalue weighted by Gasteiger charge is 2.51. The number of amides is 2. The fourth-order valence-corrected chi connectivity index (χ4v) is 9.01. The Hall–Kier alpha value is -2.39. The third-order valence-corrected chi connectivity index (χ3v) is 11.6. The minimum Gasteiger partial charge on any atom is -0.352 e. The van der Waals surface area contributed by atoms with Gasteiger partial charge in [-0.15, -0.1) is 0 Å². The van der Waals surface area contributed by atoms with Gasteiger partial charge in [0.2, 0.25) is 21.8 Å². The number of anilines is 1. The predicted molar refractivity (Wildman–Crippen MR) is 171 cm³/mol. The molecule has 4 aliphatic carbocycles. The van der Waals surface area contributed by atoms with Crippen molar-refractivity contribution < 1.29 is 18.0 Å². The number of hydrogen-bond donors (Lipinski definition) is 1. The smallest absolute Gasteiger partial charge is 0.244 e. The standard InChI is InChI=1S/C33H44BrN3O4S/c1-5-22(2)35-32(39)23(3)36(20-24-6-10-29(34)11-7-24)31(38)21-37(42(4,40)41)30-12-8-28(9-13-30)33-17-25-14-26(18-33)16-27(15-25)19-33/h6-13,22-23,25-27H,5,14-21H2,1-4H3,(H,35,39). The van der Waals surface area contributed by atoms with Gasteiger partial charge in [-0.2, -0.15) is 0 Å². The second-order valence-electron chi connectivity index (χ2n) is 13.2. The molecule has 0 aliphatic heterocycles. The molecule has 0 spiro atoms. The van der Waals surface area contributed by atoms with E-state index in [9.17, 15) is 18.0 Å². The lowest BCUT2D eigenvalue weighted by molar-refractivity contribution is -0.139. The van der Waals surface area contributed by atoms with E-state index in [1.54, 1.807) is 6.92 Å². The Bertz CT molecular complexity index is 1360. The molecule has 42 heavy (non-hydrogen) atoms. The van der Waals surface area contributed by atoms with Crippen molar-refractivity contribution in [3.05, 3.63) is 64.1 Å². The average molecular weight is 659 g/mol. The summed E-state index contributed by atoms with van der Waals surface area (Å²) in [5.74, 6) is 1.76. The average Bonchev–Trinajstić information content (AvgIpc) is 2.93. The molecule has 4 fully saturated rings. The highest BCUT2D eigenvalue weighted by atomic mass is 79.9. The zero-order valence-corrected chi connectivity index (χ0v) is 27.6. The predicted octanol–water partition coefficient (Wildman–Crippen LogP) is 6.01. The van der Waals surface area contributed by atoms with E-state index in [1.165, 1.54) is 53.3 Å². The van der Waals surface area contributed by atoms with E-state index in [1.807, 2.05) is 50.2 Å². The first-order valence-electron chi connectivity index (χ1n) is 15.3. The molecular formula is C33H44BrN3O4S. The van der Waals surface area contributed by atoms with Gasteiger partial charge in [0.25, 0.3) is 0 Å². The van der Waals surface area contributed by atoms with E-state index in [4.69, 9.17) is 0 Å². The van der Waals surface area contributed by atoms with Gasteiger partial charge in [-0.05, 0) is 117 Å². The maximum Gasteiger partial charge on any atom is 0.244 e. The van der Waals surface area contributed by atoms with Crippen molar-refractivity contribution in [1.29, 1.82) is 0 Å². The molecule has 9 heteroatoms. The molecule has 4 bridgehead atoms. The highest BCUT2D eigenvalue weighted by Crippen LogP contribution is 2.60. The van der Waals surface area contributed by atoms with E-state index < -0.39 is 22.0 Å². The van der Waals surface area contributed by atoms with Crippen LogP contribution in [-0.4, -0.2) is 50.0 Å². The number of carbonyl (C=O) groups excluding carboxylic acids is 2. The number of nitrogens with one attached hydrogen (secondary N) is 1. The number of benzene rings is 2. The van der Waals surface area contributed by atoms with E-state index in [2.05, 4.69) is 33.4 Å². The first kappa shape index (κ1) is 31.0. The number of nitrogens with zero attached hydrogens (tertiary/aromatic N) is 2. The summed E-state index contributed by atoms with van der Waals surface area (Å²) in [5, 5.41) is 2.96. The van der Waals surface area contributed by atoms with E-state index in [0.717, 1.165) is 40.5 Å². The lowest BCUT2D eigenvalue weighted by Crippen LogP contribution is -2.52. The lowest BCUT2D eigenvalue weighted by atomic mass is 9.48. The quantitative estimate of drug-likeness (QED) is 0.320. The van der Waals surface area contributed by atoms with Gasteiger partial charge in [0.15, 0.2) is 0 Å². The summed E-state index contributed by atoms with van der Waals surface area (Å²) in [6, 6.07) is 14.6. The number of halogens is 1. The Labute approximate surface area is 259 Å². The van der Waals surface area contributed by atoms with Gasteiger partial charge in [-0.25, -0.2) is 8.42 Å². The second kappa shape index (κ2) is 12.3.